The molecular formula is C23H26F2O3. The molecule has 150 valence electrons. The molecule has 3 nitrogen and oxygen atoms in total. The minimum Gasteiger partial charge on any atom is -0.460 e. The predicted octanol–water partition coefficient (Wildman–Crippen LogP) is 6.42. The summed E-state index contributed by atoms with van der Waals surface area (Å²) >= 11 is 0. The molecule has 0 bridgehead atoms. The molecule has 1 saturated carbocycles. The van der Waals surface area contributed by atoms with Gasteiger partial charge in [0, 0.05) is 6.07 Å². The molecule has 0 saturated heterocycles. The van der Waals surface area contributed by atoms with E-state index >= 15 is 0 Å². The van der Waals surface area contributed by atoms with Gasteiger partial charge < -0.3 is 9.47 Å². The summed E-state index contributed by atoms with van der Waals surface area (Å²) < 4.78 is 35.6. The highest BCUT2D eigenvalue weighted by molar-refractivity contribution is 5.91. The van der Waals surface area contributed by atoms with Gasteiger partial charge in [0.25, 0.3) is 0 Å². The molecule has 5 heteroatoms. The molecule has 1 aliphatic rings. The average molecular weight is 388 g/mol. The van der Waals surface area contributed by atoms with Crippen molar-refractivity contribution in [2.45, 2.75) is 51.4 Å². The molecule has 1 fully saturated rings. The molecule has 28 heavy (non-hydrogen) atoms. The smallest absolute Gasteiger partial charge is 0.343 e. The molecule has 0 spiro atoms. The van der Waals surface area contributed by atoms with Gasteiger partial charge in [0.1, 0.15) is 5.75 Å². The maximum Gasteiger partial charge on any atom is 0.343 e. The Bertz CT molecular complexity index is 781. The third-order valence-electron chi connectivity index (χ3n) is 5.49. The van der Waals surface area contributed by atoms with Gasteiger partial charge in [-0.25, -0.2) is 13.6 Å². The first-order chi connectivity index (χ1) is 13.6. The fourth-order valence-corrected chi connectivity index (χ4v) is 3.97. The zero-order valence-corrected chi connectivity index (χ0v) is 16.1. The van der Waals surface area contributed by atoms with E-state index < -0.39 is 18.6 Å². The van der Waals surface area contributed by atoms with Crippen LogP contribution in [0.2, 0.25) is 0 Å². The number of halogens is 2. The summed E-state index contributed by atoms with van der Waals surface area (Å²) in [6, 6.07) is 11.1. The van der Waals surface area contributed by atoms with Gasteiger partial charge in [-0.1, -0.05) is 31.9 Å². The van der Waals surface area contributed by atoms with Gasteiger partial charge in [-0.05, 0) is 67.3 Å². The molecule has 0 aliphatic heterocycles. The van der Waals surface area contributed by atoms with Crippen molar-refractivity contribution in [1.29, 1.82) is 0 Å². The Hall–Kier alpha value is -2.43. The summed E-state index contributed by atoms with van der Waals surface area (Å²) in [5.41, 5.74) is 1.66. The van der Waals surface area contributed by atoms with Gasteiger partial charge in [0.2, 0.25) is 6.86 Å². The van der Waals surface area contributed by atoms with Crippen LogP contribution in [0.15, 0.2) is 42.5 Å². The lowest BCUT2D eigenvalue weighted by atomic mass is 9.77. The number of alkyl halides is 1. The summed E-state index contributed by atoms with van der Waals surface area (Å²) in [6.07, 6.45) is 7.51. The first kappa shape index (κ1) is 20.3. The molecule has 1 aliphatic carbocycles. The van der Waals surface area contributed by atoms with Crippen molar-refractivity contribution in [3.8, 4) is 11.5 Å². The van der Waals surface area contributed by atoms with Crippen molar-refractivity contribution in [3.05, 3.63) is 59.4 Å². The summed E-state index contributed by atoms with van der Waals surface area (Å²) in [6.45, 7) is 1.12. The van der Waals surface area contributed by atoms with Crippen molar-refractivity contribution >= 4 is 5.97 Å². The van der Waals surface area contributed by atoms with Crippen LogP contribution in [0.5, 0.6) is 11.5 Å². The number of hydrogen-bond acceptors (Lipinski definition) is 3. The van der Waals surface area contributed by atoms with E-state index in [1.54, 1.807) is 12.1 Å². The van der Waals surface area contributed by atoms with Gasteiger partial charge in [-0.3, -0.25) is 0 Å². The van der Waals surface area contributed by atoms with E-state index in [9.17, 15) is 13.6 Å². The van der Waals surface area contributed by atoms with Gasteiger partial charge in [-0.2, -0.15) is 0 Å². The number of rotatable bonds is 7. The summed E-state index contributed by atoms with van der Waals surface area (Å²) in [5.74, 6) is -0.103. The maximum absolute atomic E-state index is 13.7. The second-order valence-electron chi connectivity index (χ2n) is 7.36. The van der Waals surface area contributed by atoms with Crippen molar-refractivity contribution in [2.75, 3.05) is 6.86 Å². The Morgan fingerprint density at radius 3 is 2.39 bits per heavy atom. The van der Waals surface area contributed by atoms with Crippen molar-refractivity contribution < 1.29 is 23.0 Å². The van der Waals surface area contributed by atoms with E-state index in [-0.39, 0.29) is 11.5 Å². The molecule has 3 rings (SSSR count). The van der Waals surface area contributed by atoms with Crippen LogP contribution in [-0.2, 0) is 0 Å². The maximum atomic E-state index is 13.7. The van der Waals surface area contributed by atoms with Crippen LogP contribution in [-0.4, -0.2) is 12.8 Å². The number of hydrogen-bond donors (Lipinski definition) is 0. The molecule has 0 atom stereocenters. The molecule has 0 amide bonds. The zero-order chi connectivity index (χ0) is 19.9. The fourth-order valence-electron chi connectivity index (χ4n) is 3.97. The molecule has 2 aromatic rings. The molecular weight excluding hydrogens is 362 g/mol. The van der Waals surface area contributed by atoms with Gasteiger partial charge >= 0.3 is 5.97 Å². The Kier molecular flexibility index (Phi) is 7.01. The molecule has 0 N–H and O–H groups in total. The lowest BCUT2D eigenvalue weighted by Crippen LogP contribution is -2.13. The Morgan fingerprint density at radius 2 is 1.79 bits per heavy atom. The third-order valence-corrected chi connectivity index (χ3v) is 5.49. The summed E-state index contributed by atoms with van der Waals surface area (Å²) in [7, 11) is 0. The predicted molar refractivity (Wildman–Crippen MR) is 104 cm³/mol. The number of carbonyl (C=O) groups is 1. The van der Waals surface area contributed by atoms with Crippen molar-refractivity contribution in [2.24, 2.45) is 5.92 Å². The van der Waals surface area contributed by atoms with E-state index in [0.717, 1.165) is 12.0 Å². The van der Waals surface area contributed by atoms with E-state index in [2.05, 4.69) is 11.7 Å². The Morgan fingerprint density at radius 1 is 1.07 bits per heavy atom. The minimum absolute atomic E-state index is 0.0482. The fraction of sp³-hybridized carbons (Fsp3) is 0.435. The van der Waals surface area contributed by atoms with E-state index in [1.807, 2.05) is 12.1 Å². The van der Waals surface area contributed by atoms with Crippen LogP contribution in [0.1, 0.15) is 67.3 Å². The molecule has 0 unspecified atom stereocenters. The lowest BCUT2D eigenvalue weighted by Gasteiger charge is -2.28. The highest BCUT2D eigenvalue weighted by Crippen LogP contribution is 2.37. The van der Waals surface area contributed by atoms with Crippen LogP contribution in [0, 0.1) is 11.7 Å². The van der Waals surface area contributed by atoms with Crippen LogP contribution in [0.4, 0.5) is 8.78 Å². The van der Waals surface area contributed by atoms with Gasteiger partial charge in [-0.15, -0.1) is 0 Å². The van der Waals surface area contributed by atoms with E-state index in [0.29, 0.717) is 11.5 Å². The molecule has 2 aromatic carbocycles. The summed E-state index contributed by atoms with van der Waals surface area (Å²) in [4.78, 5) is 12.3. The van der Waals surface area contributed by atoms with Crippen molar-refractivity contribution in [3.63, 3.8) is 0 Å². The Labute approximate surface area is 164 Å². The summed E-state index contributed by atoms with van der Waals surface area (Å²) in [5, 5.41) is 0. The third kappa shape index (κ3) is 5.09. The second-order valence-corrected chi connectivity index (χ2v) is 7.36. The van der Waals surface area contributed by atoms with Crippen LogP contribution in [0.25, 0.3) is 0 Å². The number of esters is 1. The minimum atomic E-state index is -1.12. The van der Waals surface area contributed by atoms with Crippen LogP contribution in [0.3, 0.4) is 0 Å². The first-order valence-corrected chi connectivity index (χ1v) is 9.91. The number of ether oxygens (including phenoxy) is 2. The number of carbonyl (C=O) groups excluding carboxylic acids is 1. The lowest BCUT2D eigenvalue weighted by molar-refractivity contribution is 0.0733. The number of benzene rings is 2. The largest absolute Gasteiger partial charge is 0.460 e. The SMILES string of the molecule is CCCC1CCC(c2ccc(C(=O)Oc3ccc(OCF)c(F)c3)cc2)CC1. The van der Waals surface area contributed by atoms with E-state index in [4.69, 9.17) is 4.74 Å². The van der Waals surface area contributed by atoms with Crippen LogP contribution < -0.4 is 9.47 Å². The topological polar surface area (TPSA) is 35.5 Å². The zero-order valence-electron chi connectivity index (χ0n) is 16.1. The average Bonchev–Trinajstić information content (AvgIpc) is 2.71. The molecule has 0 aromatic heterocycles. The molecule has 0 heterocycles. The first-order valence-electron chi connectivity index (χ1n) is 9.91. The molecule has 0 radical (unpaired) electrons. The van der Waals surface area contributed by atoms with Crippen LogP contribution >= 0.6 is 0 Å². The normalized spacial score (nSPS) is 19.2. The monoisotopic (exact) mass is 388 g/mol. The Balaban J connectivity index is 1.59. The van der Waals surface area contributed by atoms with Gasteiger partial charge in [0.15, 0.2) is 11.6 Å². The second kappa shape index (κ2) is 9.67. The standard InChI is InChI=1S/C23H26F2O3/c1-2-3-16-4-6-17(7-5-16)18-8-10-19(11-9-18)23(26)28-20-12-13-22(27-15-24)21(25)14-20/h8-14,16-17H,2-7,15H2,1H3. The van der Waals surface area contributed by atoms with E-state index in [1.165, 1.54) is 56.2 Å². The van der Waals surface area contributed by atoms with Crippen molar-refractivity contribution in [1.82, 2.24) is 0 Å². The highest BCUT2D eigenvalue weighted by atomic mass is 19.1. The highest BCUT2D eigenvalue weighted by Gasteiger charge is 2.22. The quantitative estimate of drug-likeness (QED) is 0.405. The van der Waals surface area contributed by atoms with Gasteiger partial charge in [0.05, 0.1) is 5.56 Å².